The largest absolute Gasteiger partial charge is 0.496 e. The monoisotopic (exact) mass is 486 g/mol. The van der Waals surface area contributed by atoms with Gasteiger partial charge >= 0.3 is 5.91 Å². The molecule has 0 saturated heterocycles. The van der Waals surface area contributed by atoms with Gasteiger partial charge in [0, 0.05) is 18.3 Å². The lowest BCUT2D eigenvalue weighted by molar-refractivity contribution is -0.298. The van der Waals surface area contributed by atoms with Gasteiger partial charge in [0.05, 0.1) is 16.9 Å². The number of carbonyl (C=O) groups is 1. The van der Waals surface area contributed by atoms with Gasteiger partial charge in [0.25, 0.3) is 0 Å². The number of aryl methyl sites for hydroxylation is 1. The Hall–Kier alpha value is -2.24. The van der Waals surface area contributed by atoms with E-state index in [2.05, 4.69) is 44.1 Å². The number of nitrogens with two attached hydrogens (primary N) is 1. The quantitative estimate of drug-likeness (QED) is 0.146. The summed E-state index contributed by atoms with van der Waals surface area (Å²) in [5.41, 5.74) is 8.56. The number of hydrogen-bond acceptors (Lipinski definition) is 5. The number of quaternary nitrogens is 1. The van der Waals surface area contributed by atoms with Crippen molar-refractivity contribution in [1.82, 2.24) is 15.7 Å². The number of pyridine rings is 1. The van der Waals surface area contributed by atoms with Gasteiger partial charge in [-0.05, 0) is 65.3 Å². The van der Waals surface area contributed by atoms with E-state index >= 15 is 0 Å². The molecule has 2 aromatic rings. The van der Waals surface area contributed by atoms with E-state index < -0.39 is 0 Å². The predicted octanol–water partition coefficient (Wildman–Crippen LogP) is 0.957. The fourth-order valence-electron chi connectivity index (χ4n) is 2.47. The molecular formula is C18H22FIN5O2+. The zero-order chi connectivity index (χ0) is 19.8. The van der Waals surface area contributed by atoms with Gasteiger partial charge < -0.3 is 21.2 Å². The van der Waals surface area contributed by atoms with Gasteiger partial charge in [0.15, 0.2) is 0 Å². The molecular weight excluding hydrogens is 464 g/mol. The number of benzene rings is 1. The summed E-state index contributed by atoms with van der Waals surface area (Å²) in [5, 5.41) is 2.79. The second-order valence-electron chi connectivity index (χ2n) is 5.72. The normalized spacial score (nSPS) is 11.6. The first-order valence-corrected chi connectivity index (χ1v) is 9.28. The van der Waals surface area contributed by atoms with Crippen molar-refractivity contribution >= 4 is 34.2 Å². The van der Waals surface area contributed by atoms with Crippen LogP contribution in [-0.4, -0.2) is 24.5 Å². The van der Waals surface area contributed by atoms with Crippen LogP contribution in [0.25, 0.3) is 5.70 Å². The van der Waals surface area contributed by atoms with Crippen molar-refractivity contribution in [2.75, 3.05) is 13.7 Å². The Kier molecular flexibility index (Phi) is 7.95. The second kappa shape index (κ2) is 10.2. The van der Waals surface area contributed by atoms with Gasteiger partial charge in [-0.15, -0.1) is 0 Å². The summed E-state index contributed by atoms with van der Waals surface area (Å²) in [5.74, 6) is 5.64. The number of hydrogen-bond donors (Lipinski definition) is 4. The molecule has 0 bridgehead atoms. The molecule has 7 nitrogen and oxygen atoms in total. The summed E-state index contributed by atoms with van der Waals surface area (Å²) in [6.07, 6.45) is 4.03. The highest BCUT2D eigenvalue weighted by Crippen LogP contribution is 2.24. The Balaban J connectivity index is 1.99. The van der Waals surface area contributed by atoms with Crippen molar-refractivity contribution in [3.8, 4) is 5.75 Å². The molecule has 0 fully saturated rings. The Morgan fingerprint density at radius 2 is 2.15 bits per heavy atom. The second-order valence-corrected chi connectivity index (χ2v) is 6.88. The number of methoxy groups -OCH3 is 1. The van der Waals surface area contributed by atoms with Gasteiger partial charge in [-0.3, -0.25) is 15.6 Å². The first-order chi connectivity index (χ1) is 13.0. The molecule has 9 heteroatoms. The lowest BCUT2D eigenvalue weighted by Crippen LogP contribution is -2.56. The summed E-state index contributed by atoms with van der Waals surface area (Å²) in [6, 6.07) is 6.88. The van der Waals surface area contributed by atoms with Gasteiger partial charge in [-0.2, -0.15) is 0 Å². The minimum absolute atomic E-state index is 0.228. The van der Waals surface area contributed by atoms with Crippen LogP contribution >= 0.6 is 22.6 Å². The first-order valence-electron chi connectivity index (χ1n) is 8.20. The summed E-state index contributed by atoms with van der Waals surface area (Å²) in [4.78, 5) is 16.2. The van der Waals surface area contributed by atoms with Gasteiger partial charge in [0.2, 0.25) is 5.70 Å². The van der Waals surface area contributed by atoms with Crippen LogP contribution in [0.4, 0.5) is 4.39 Å². The number of hydrazine groups is 1. The van der Waals surface area contributed by atoms with E-state index in [1.54, 1.807) is 25.4 Å². The molecule has 0 aliphatic carbocycles. The van der Waals surface area contributed by atoms with Crippen LogP contribution in [0, 0.1) is 9.39 Å². The van der Waals surface area contributed by atoms with E-state index in [0.29, 0.717) is 25.1 Å². The molecule has 1 heterocycles. The molecule has 0 spiro atoms. The van der Waals surface area contributed by atoms with Crippen molar-refractivity contribution in [2.45, 2.75) is 12.8 Å². The minimum atomic E-state index is -0.368. The maximum absolute atomic E-state index is 13.1. The van der Waals surface area contributed by atoms with Gasteiger partial charge in [-0.1, -0.05) is 0 Å². The number of ether oxygens (including phenoxy) is 1. The molecule has 0 unspecified atom stereocenters. The number of carbonyl (C=O) groups excluding carboxylic acids is 1. The molecule has 0 aliphatic rings. The van der Waals surface area contributed by atoms with E-state index in [9.17, 15) is 9.18 Å². The van der Waals surface area contributed by atoms with Crippen LogP contribution in [0.2, 0.25) is 0 Å². The Morgan fingerprint density at radius 1 is 1.37 bits per heavy atom. The van der Waals surface area contributed by atoms with Crippen LogP contribution in [0.1, 0.15) is 17.5 Å². The van der Waals surface area contributed by atoms with Crippen molar-refractivity contribution in [2.24, 2.45) is 5.84 Å². The molecule has 7 N–H and O–H groups in total. The molecule has 0 radical (unpaired) electrons. The topological polar surface area (TPSA) is 117 Å². The fourth-order valence-corrected chi connectivity index (χ4v) is 3.21. The highest BCUT2D eigenvalue weighted by molar-refractivity contribution is 14.1. The molecule has 144 valence electrons. The third-order valence-electron chi connectivity index (χ3n) is 3.85. The van der Waals surface area contributed by atoms with E-state index in [-0.39, 0.29) is 17.4 Å². The third kappa shape index (κ3) is 5.88. The van der Waals surface area contributed by atoms with Crippen LogP contribution in [0.15, 0.2) is 42.4 Å². The highest BCUT2D eigenvalue weighted by Gasteiger charge is 2.17. The van der Waals surface area contributed by atoms with Crippen LogP contribution in [0.5, 0.6) is 5.75 Å². The number of nitrogens with one attached hydrogen (secondary N) is 2. The lowest BCUT2D eigenvalue weighted by Gasteiger charge is -2.11. The molecule has 0 atom stereocenters. The van der Waals surface area contributed by atoms with Gasteiger partial charge in [-0.25, -0.2) is 4.39 Å². The number of rotatable bonds is 8. The smallest absolute Gasteiger partial charge is 0.307 e. The number of halogens is 2. The molecule has 0 saturated carbocycles. The van der Waals surface area contributed by atoms with E-state index in [4.69, 9.17) is 10.6 Å². The average molecular weight is 486 g/mol. The van der Waals surface area contributed by atoms with Crippen molar-refractivity contribution in [3.05, 3.63) is 62.9 Å². The maximum Gasteiger partial charge on any atom is 0.307 e. The SMILES string of the molecule is COc1ccc(/C(NN)=C(/[NH3+])C(=O)NCCCc2cncc(F)c2)cc1I. The Labute approximate surface area is 170 Å². The molecule has 27 heavy (non-hydrogen) atoms. The Bertz CT molecular complexity index is 844. The Morgan fingerprint density at radius 3 is 2.78 bits per heavy atom. The summed E-state index contributed by atoms with van der Waals surface area (Å²) in [6.45, 7) is 0.423. The van der Waals surface area contributed by atoms with Crippen LogP contribution in [-0.2, 0) is 11.2 Å². The third-order valence-corrected chi connectivity index (χ3v) is 4.69. The van der Waals surface area contributed by atoms with E-state index in [1.807, 2.05) is 6.07 Å². The highest BCUT2D eigenvalue weighted by atomic mass is 127. The van der Waals surface area contributed by atoms with E-state index in [1.165, 1.54) is 6.07 Å². The number of nitrogens with zero attached hydrogens (tertiary/aromatic N) is 1. The number of amides is 1. The van der Waals surface area contributed by atoms with Crippen LogP contribution < -0.4 is 27.1 Å². The molecule has 1 aromatic carbocycles. The van der Waals surface area contributed by atoms with Crippen molar-refractivity contribution in [3.63, 3.8) is 0 Å². The molecule has 1 aromatic heterocycles. The van der Waals surface area contributed by atoms with E-state index in [0.717, 1.165) is 26.6 Å². The van der Waals surface area contributed by atoms with Gasteiger partial charge in [0.1, 0.15) is 17.3 Å². The summed E-state index contributed by atoms with van der Waals surface area (Å²) >= 11 is 2.14. The van der Waals surface area contributed by atoms with Crippen molar-refractivity contribution in [1.29, 1.82) is 0 Å². The molecule has 0 aliphatic heterocycles. The number of aromatic nitrogens is 1. The summed E-state index contributed by atoms with van der Waals surface area (Å²) < 4.78 is 19.2. The maximum atomic E-state index is 13.1. The fraction of sp³-hybridized carbons (Fsp3) is 0.222. The predicted molar refractivity (Wildman–Crippen MR) is 108 cm³/mol. The summed E-state index contributed by atoms with van der Waals surface area (Å²) in [7, 11) is 1.59. The van der Waals surface area contributed by atoms with Crippen molar-refractivity contribution < 1.29 is 19.7 Å². The zero-order valence-electron chi connectivity index (χ0n) is 14.9. The zero-order valence-corrected chi connectivity index (χ0v) is 17.0. The first kappa shape index (κ1) is 21.1. The molecule has 2 rings (SSSR count). The lowest BCUT2D eigenvalue weighted by atomic mass is 10.1. The van der Waals surface area contributed by atoms with Crippen LogP contribution in [0.3, 0.4) is 0 Å². The minimum Gasteiger partial charge on any atom is -0.496 e. The standard InChI is InChI=1S/C18H21FIN5O2/c1-27-15-5-4-12(8-14(15)20)17(25-22)16(21)18(26)24-6-2-3-11-7-13(19)10-23-9-11/h4-5,7-10,25H,2-3,6,21-22H2,1H3,(H,24,26)/p+1/b17-16-. The average Bonchev–Trinajstić information content (AvgIpc) is 2.65. The molecule has 1 amide bonds.